The highest BCUT2D eigenvalue weighted by atomic mass is 14.7. The highest BCUT2D eigenvalue weighted by molar-refractivity contribution is 5.76. The smallest absolute Gasteiger partial charge is 0.0731 e. The second kappa shape index (κ2) is 6.47. The summed E-state index contributed by atoms with van der Waals surface area (Å²) in [6.07, 6.45) is 3.63. The number of hydrogen-bond acceptors (Lipinski definition) is 2. The van der Waals surface area contributed by atoms with E-state index in [1.165, 1.54) is 5.56 Å². The molecule has 0 fully saturated rings. The van der Waals surface area contributed by atoms with Crippen LogP contribution in [0.5, 0.6) is 0 Å². The van der Waals surface area contributed by atoms with Crippen LogP contribution in [0.1, 0.15) is 0 Å². The van der Waals surface area contributed by atoms with Crippen molar-refractivity contribution in [3.63, 3.8) is 0 Å². The van der Waals surface area contributed by atoms with Crippen molar-refractivity contribution in [2.75, 3.05) is 0 Å². The minimum absolute atomic E-state index is 0.934. The van der Waals surface area contributed by atoms with Gasteiger partial charge < -0.3 is 0 Å². The van der Waals surface area contributed by atoms with Crippen molar-refractivity contribution in [2.24, 2.45) is 0 Å². The lowest BCUT2D eigenvalue weighted by Crippen LogP contribution is -1.91. The zero-order valence-electron chi connectivity index (χ0n) is 13.1. The molecular formula is C22H16N2. The van der Waals surface area contributed by atoms with E-state index in [2.05, 4.69) is 53.5 Å². The van der Waals surface area contributed by atoms with E-state index in [4.69, 9.17) is 4.98 Å². The van der Waals surface area contributed by atoms with Crippen molar-refractivity contribution in [2.45, 2.75) is 0 Å². The normalized spacial score (nSPS) is 10.5. The molecule has 2 heterocycles. The fourth-order valence-corrected chi connectivity index (χ4v) is 2.75. The molecule has 0 aliphatic rings. The van der Waals surface area contributed by atoms with Crippen LogP contribution in [0.2, 0.25) is 0 Å². The van der Waals surface area contributed by atoms with Gasteiger partial charge in [-0.25, -0.2) is 4.98 Å². The summed E-state index contributed by atoms with van der Waals surface area (Å²) < 4.78 is 0. The first-order valence-electron chi connectivity index (χ1n) is 7.93. The average Bonchev–Trinajstić information content (AvgIpc) is 2.70. The van der Waals surface area contributed by atoms with Gasteiger partial charge in [-0.1, -0.05) is 60.7 Å². The van der Waals surface area contributed by atoms with E-state index in [-0.39, 0.29) is 0 Å². The van der Waals surface area contributed by atoms with E-state index in [1.807, 2.05) is 42.6 Å². The minimum atomic E-state index is 0.934. The van der Waals surface area contributed by atoms with E-state index in [1.54, 1.807) is 6.20 Å². The predicted octanol–water partition coefficient (Wildman–Crippen LogP) is 5.48. The molecule has 0 radical (unpaired) electrons. The maximum absolute atomic E-state index is 4.86. The van der Waals surface area contributed by atoms with Gasteiger partial charge in [0.15, 0.2) is 0 Å². The molecule has 2 nitrogen and oxygen atoms in total. The molecule has 0 aliphatic heterocycles. The first kappa shape index (κ1) is 14.3. The monoisotopic (exact) mass is 308 g/mol. The Morgan fingerprint density at radius 1 is 0.500 bits per heavy atom. The van der Waals surface area contributed by atoms with Crippen LogP contribution in [0.25, 0.3) is 33.6 Å². The highest BCUT2D eigenvalue weighted by Gasteiger charge is 2.08. The van der Waals surface area contributed by atoms with E-state index >= 15 is 0 Å². The van der Waals surface area contributed by atoms with Crippen LogP contribution in [0, 0.1) is 0 Å². The van der Waals surface area contributed by atoms with Gasteiger partial charge in [-0.3, -0.25) is 4.98 Å². The number of nitrogens with zero attached hydrogens (tertiary/aromatic N) is 2. The molecule has 0 N–H and O–H groups in total. The third-order valence-corrected chi connectivity index (χ3v) is 3.96. The van der Waals surface area contributed by atoms with Crippen molar-refractivity contribution < 1.29 is 0 Å². The molecular weight excluding hydrogens is 292 g/mol. The SMILES string of the molecule is c1ccc(-c2cc(-c3ccccc3)nc(-c3cccnc3)c2)cc1. The Hall–Kier alpha value is -3.26. The number of hydrogen-bond donors (Lipinski definition) is 0. The zero-order valence-corrected chi connectivity index (χ0v) is 13.1. The lowest BCUT2D eigenvalue weighted by Gasteiger charge is -2.10. The van der Waals surface area contributed by atoms with Gasteiger partial charge in [-0.05, 0) is 35.4 Å². The standard InChI is InChI=1S/C22H16N2/c1-3-8-17(9-4-1)20-14-21(18-10-5-2-6-11-18)24-22(15-20)19-12-7-13-23-16-19/h1-16H. The van der Waals surface area contributed by atoms with Gasteiger partial charge >= 0.3 is 0 Å². The van der Waals surface area contributed by atoms with E-state index < -0.39 is 0 Å². The topological polar surface area (TPSA) is 25.8 Å². The Morgan fingerprint density at radius 2 is 1.08 bits per heavy atom. The molecule has 4 aromatic rings. The third kappa shape index (κ3) is 2.95. The third-order valence-electron chi connectivity index (χ3n) is 3.96. The van der Waals surface area contributed by atoms with Gasteiger partial charge in [0.25, 0.3) is 0 Å². The van der Waals surface area contributed by atoms with Crippen LogP contribution < -0.4 is 0 Å². The van der Waals surface area contributed by atoms with Crippen molar-refractivity contribution in [3.05, 3.63) is 97.3 Å². The molecule has 0 saturated heterocycles. The van der Waals surface area contributed by atoms with Crippen LogP contribution >= 0.6 is 0 Å². The van der Waals surface area contributed by atoms with Crippen molar-refractivity contribution in [3.8, 4) is 33.6 Å². The quantitative estimate of drug-likeness (QED) is 0.501. The summed E-state index contributed by atoms with van der Waals surface area (Å²) in [6, 6.07) is 28.9. The molecule has 24 heavy (non-hydrogen) atoms. The fraction of sp³-hybridized carbons (Fsp3) is 0. The van der Waals surface area contributed by atoms with Gasteiger partial charge in [0, 0.05) is 23.5 Å². The van der Waals surface area contributed by atoms with E-state index in [0.29, 0.717) is 0 Å². The Kier molecular flexibility index (Phi) is 3.86. The molecule has 0 bridgehead atoms. The van der Waals surface area contributed by atoms with Crippen LogP contribution in [0.4, 0.5) is 0 Å². The summed E-state index contributed by atoms with van der Waals surface area (Å²) >= 11 is 0. The predicted molar refractivity (Wildman–Crippen MR) is 98.3 cm³/mol. The molecule has 4 rings (SSSR count). The Balaban J connectivity index is 1.92. The van der Waals surface area contributed by atoms with Gasteiger partial charge in [0.05, 0.1) is 11.4 Å². The summed E-state index contributed by atoms with van der Waals surface area (Å²) in [4.78, 5) is 9.09. The maximum Gasteiger partial charge on any atom is 0.0731 e. The van der Waals surface area contributed by atoms with Gasteiger partial charge in [-0.15, -0.1) is 0 Å². The van der Waals surface area contributed by atoms with Crippen molar-refractivity contribution in [1.82, 2.24) is 9.97 Å². The van der Waals surface area contributed by atoms with Gasteiger partial charge in [-0.2, -0.15) is 0 Å². The number of benzene rings is 2. The van der Waals surface area contributed by atoms with Crippen LogP contribution in [-0.4, -0.2) is 9.97 Å². The zero-order chi connectivity index (χ0) is 16.2. The lowest BCUT2D eigenvalue weighted by atomic mass is 10.0. The molecule has 2 aromatic heterocycles. The molecule has 0 unspecified atom stereocenters. The van der Waals surface area contributed by atoms with Crippen LogP contribution in [-0.2, 0) is 0 Å². The Labute approximate surface area is 141 Å². The maximum atomic E-state index is 4.86. The van der Waals surface area contributed by atoms with E-state index in [9.17, 15) is 0 Å². The molecule has 2 heteroatoms. The number of pyridine rings is 2. The molecule has 114 valence electrons. The van der Waals surface area contributed by atoms with Crippen molar-refractivity contribution in [1.29, 1.82) is 0 Å². The Bertz CT molecular complexity index is 794. The molecule has 0 spiro atoms. The van der Waals surface area contributed by atoms with Crippen molar-refractivity contribution >= 4 is 0 Å². The minimum Gasteiger partial charge on any atom is -0.264 e. The summed E-state index contributed by atoms with van der Waals surface area (Å²) in [7, 11) is 0. The number of rotatable bonds is 3. The average molecular weight is 308 g/mol. The summed E-state index contributed by atoms with van der Waals surface area (Å²) in [6.45, 7) is 0. The lowest BCUT2D eigenvalue weighted by molar-refractivity contribution is 1.28. The molecule has 2 aromatic carbocycles. The molecule has 0 aliphatic carbocycles. The molecule has 0 amide bonds. The summed E-state index contributed by atoms with van der Waals surface area (Å²) in [5.74, 6) is 0. The summed E-state index contributed by atoms with van der Waals surface area (Å²) in [5, 5.41) is 0. The van der Waals surface area contributed by atoms with Crippen LogP contribution in [0.3, 0.4) is 0 Å². The van der Waals surface area contributed by atoms with E-state index in [0.717, 1.165) is 28.1 Å². The van der Waals surface area contributed by atoms with Gasteiger partial charge in [0.1, 0.15) is 0 Å². The first-order chi connectivity index (χ1) is 11.9. The Morgan fingerprint density at radius 3 is 1.71 bits per heavy atom. The second-order valence-corrected chi connectivity index (χ2v) is 5.60. The largest absolute Gasteiger partial charge is 0.264 e. The van der Waals surface area contributed by atoms with Crippen LogP contribution in [0.15, 0.2) is 97.3 Å². The number of aromatic nitrogens is 2. The first-order valence-corrected chi connectivity index (χ1v) is 7.93. The second-order valence-electron chi connectivity index (χ2n) is 5.60. The highest BCUT2D eigenvalue weighted by Crippen LogP contribution is 2.29. The fourth-order valence-electron chi connectivity index (χ4n) is 2.75. The summed E-state index contributed by atoms with van der Waals surface area (Å²) in [5.41, 5.74) is 6.37. The van der Waals surface area contributed by atoms with Gasteiger partial charge in [0.2, 0.25) is 0 Å². The molecule has 0 saturated carbocycles. The molecule has 0 atom stereocenters.